The molecule has 0 saturated heterocycles. The number of pyridine rings is 2. The Balaban J connectivity index is 1.66. The standard InChI is InChI=1S/C18H21N3O4/c1-23-9-10-25-17-6-4-14-12-21(8-7-15(14)20-17)18(22)13-3-5-16(24-2)19-11-13/h3-6,11H,7-10,12H2,1-2H3. The zero-order valence-corrected chi connectivity index (χ0v) is 14.4. The number of aromatic nitrogens is 2. The highest BCUT2D eigenvalue weighted by Gasteiger charge is 2.23. The predicted octanol–water partition coefficient (Wildman–Crippen LogP) is 1.71. The Labute approximate surface area is 146 Å². The first kappa shape index (κ1) is 17.2. The van der Waals surface area contributed by atoms with Gasteiger partial charge in [0.05, 0.1) is 25.0 Å². The van der Waals surface area contributed by atoms with Gasteiger partial charge >= 0.3 is 0 Å². The van der Waals surface area contributed by atoms with Gasteiger partial charge in [0.25, 0.3) is 5.91 Å². The van der Waals surface area contributed by atoms with Gasteiger partial charge < -0.3 is 19.1 Å². The minimum atomic E-state index is -0.0405. The van der Waals surface area contributed by atoms with Crippen molar-refractivity contribution >= 4 is 5.91 Å². The summed E-state index contributed by atoms with van der Waals surface area (Å²) in [4.78, 5) is 23.1. The van der Waals surface area contributed by atoms with E-state index in [2.05, 4.69) is 9.97 Å². The molecule has 0 N–H and O–H groups in total. The van der Waals surface area contributed by atoms with Crippen molar-refractivity contribution in [1.29, 1.82) is 0 Å². The molecule has 1 aliphatic heterocycles. The molecule has 0 aliphatic carbocycles. The second kappa shape index (κ2) is 7.94. The second-order valence-electron chi connectivity index (χ2n) is 5.66. The van der Waals surface area contributed by atoms with E-state index in [0.29, 0.717) is 50.0 Å². The van der Waals surface area contributed by atoms with Crippen LogP contribution in [0.1, 0.15) is 21.6 Å². The van der Waals surface area contributed by atoms with Gasteiger partial charge in [-0.15, -0.1) is 0 Å². The van der Waals surface area contributed by atoms with Crippen LogP contribution in [0.15, 0.2) is 30.5 Å². The van der Waals surface area contributed by atoms with E-state index >= 15 is 0 Å². The number of hydrogen-bond acceptors (Lipinski definition) is 6. The lowest BCUT2D eigenvalue weighted by molar-refractivity contribution is 0.0732. The molecule has 0 fully saturated rings. The van der Waals surface area contributed by atoms with E-state index in [-0.39, 0.29) is 5.91 Å². The minimum absolute atomic E-state index is 0.0405. The topological polar surface area (TPSA) is 73.8 Å². The van der Waals surface area contributed by atoms with Gasteiger partial charge in [-0.2, -0.15) is 0 Å². The van der Waals surface area contributed by atoms with Gasteiger partial charge in [0.15, 0.2) is 0 Å². The van der Waals surface area contributed by atoms with Crippen molar-refractivity contribution in [1.82, 2.24) is 14.9 Å². The minimum Gasteiger partial charge on any atom is -0.481 e. The van der Waals surface area contributed by atoms with Crippen LogP contribution in [-0.4, -0.2) is 54.8 Å². The molecule has 1 amide bonds. The average Bonchev–Trinajstić information content (AvgIpc) is 2.67. The first-order valence-electron chi connectivity index (χ1n) is 8.11. The van der Waals surface area contributed by atoms with Crippen molar-refractivity contribution in [3.05, 3.63) is 47.3 Å². The van der Waals surface area contributed by atoms with Crippen LogP contribution in [0.25, 0.3) is 0 Å². The van der Waals surface area contributed by atoms with Gasteiger partial charge in [0, 0.05) is 44.9 Å². The lowest BCUT2D eigenvalue weighted by atomic mass is 10.0. The average molecular weight is 343 g/mol. The van der Waals surface area contributed by atoms with Crippen LogP contribution in [0.4, 0.5) is 0 Å². The van der Waals surface area contributed by atoms with Crippen molar-refractivity contribution in [2.45, 2.75) is 13.0 Å². The number of carbonyl (C=O) groups is 1. The number of hydrogen-bond donors (Lipinski definition) is 0. The molecular weight excluding hydrogens is 322 g/mol. The lowest BCUT2D eigenvalue weighted by Gasteiger charge is -2.28. The normalized spacial score (nSPS) is 13.3. The highest BCUT2D eigenvalue weighted by atomic mass is 16.5. The summed E-state index contributed by atoms with van der Waals surface area (Å²) in [5, 5.41) is 0. The fraction of sp³-hybridized carbons (Fsp3) is 0.389. The van der Waals surface area contributed by atoms with E-state index in [1.165, 1.54) is 0 Å². The second-order valence-corrected chi connectivity index (χ2v) is 5.66. The van der Waals surface area contributed by atoms with Crippen LogP contribution in [0.3, 0.4) is 0 Å². The molecule has 7 heteroatoms. The van der Waals surface area contributed by atoms with Crippen LogP contribution in [-0.2, 0) is 17.7 Å². The van der Waals surface area contributed by atoms with Gasteiger partial charge in [0.2, 0.25) is 11.8 Å². The van der Waals surface area contributed by atoms with Crippen molar-refractivity contribution in [3.63, 3.8) is 0 Å². The maximum atomic E-state index is 12.6. The van der Waals surface area contributed by atoms with Gasteiger partial charge in [-0.25, -0.2) is 9.97 Å². The van der Waals surface area contributed by atoms with Crippen molar-refractivity contribution in [3.8, 4) is 11.8 Å². The molecule has 2 aromatic heterocycles. The fourth-order valence-corrected chi connectivity index (χ4v) is 2.69. The maximum Gasteiger partial charge on any atom is 0.255 e. The van der Waals surface area contributed by atoms with Crippen molar-refractivity contribution < 1.29 is 19.0 Å². The molecule has 2 aromatic rings. The van der Waals surface area contributed by atoms with Crippen LogP contribution in [0, 0.1) is 0 Å². The van der Waals surface area contributed by atoms with Crippen molar-refractivity contribution in [2.75, 3.05) is 34.0 Å². The van der Waals surface area contributed by atoms with Crippen LogP contribution < -0.4 is 9.47 Å². The van der Waals surface area contributed by atoms with Crippen LogP contribution in [0.2, 0.25) is 0 Å². The smallest absolute Gasteiger partial charge is 0.255 e. The third kappa shape index (κ3) is 4.06. The summed E-state index contributed by atoms with van der Waals surface area (Å²) in [6.45, 7) is 2.15. The molecule has 132 valence electrons. The van der Waals surface area contributed by atoms with E-state index in [4.69, 9.17) is 14.2 Å². The summed E-state index contributed by atoms with van der Waals surface area (Å²) in [5.41, 5.74) is 2.57. The fourth-order valence-electron chi connectivity index (χ4n) is 2.69. The molecule has 25 heavy (non-hydrogen) atoms. The highest BCUT2D eigenvalue weighted by Crippen LogP contribution is 2.22. The maximum absolute atomic E-state index is 12.6. The number of rotatable bonds is 6. The zero-order chi connectivity index (χ0) is 17.6. The highest BCUT2D eigenvalue weighted by molar-refractivity contribution is 5.94. The molecule has 0 radical (unpaired) electrons. The molecule has 0 saturated carbocycles. The summed E-state index contributed by atoms with van der Waals surface area (Å²) >= 11 is 0. The molecule has 0 spiro atoms. The molecule has 1 aliphatic rings. The monoisotopic (exact) mass is 343 g/mol. The largest absolute Gasteiger partial charge is 0.481 e. The Morgan fingerprint density at radius 2 is 2.00 bits per heavy atom. The zero-order valence-electron chi connectivity index (χ0n) is 14.4. The summed E-state index contributed by atoms with van der Waals surface area (Å²) in [7, 11) is 3.18. The van der Waals surface area contributed by atoms with E-state index in [1.807, 2.05) is 12.1 Å². The first-order chi connectivity index (χ1) is 12.2. The molecule has 0 aromatic carbocycles. The molecule has 3 rings (SSSR count). The Kier molecular flexibility index (Phi) is 5.45. The quantitative estimate of drug-likeness (QED) is 0.744. The molecule has 3 heterocycles. The van der Waals surface area contributed by atoms with E-state index in [1.54, 1.807) is 37.4 Å². The summed E-state index contributed by atoms with van der Waals surface area (Å²) in [5.74, 6) is 1.04. The SMILES string of the molecule is COCCOc1ccc2c(n1)CCN(C(=O)c1ccc(OC)nc1)C2. The molecule has 7 nitrogen and oxygen atoms in total. The lowest BCUT2D eigenvalue weighted by Crippen LogP contribution is -2.36. The number of fused-ring (bicyclic) bond motifs is 1. The summed E-state index contributed by atoms with van der Waals surface area (Å²) in [6, 6.07) is 7.22. The van der Waals surface area contributed by atoms with E-state index < -0.39 is 0 Å². The Morgan fingerprint density at radius 3 is 2.72 bits per heavy atom. The summed E-state index contributed by atoms with van der Waals surface area (Å²) < 4.78 is 15.5. The van der Waals surface area contributed by atoms with E-state index in [0.717, 1.165) is 11.3 Å². The van der Waals surface area contributed by atoms with Crippen LogP contribution in [0.5, 0.6) is 11.8 Å². The van der Waals surface area contributed by atoms with Gasteiger partial charge in [-0.3, -0.25) is 4.79 Å². The number of ether oxygens (including phenoxy) is 3. The number of carbonyl (C=O) groups excluding carboxylic acids is 1. The summed E-state index contributed by atoms with van der Waals surface area (Å²) in [6.07, 6.45) is 2.24. The Hall–Kier alpha value is -2.67. The van der Waals surface area contributed by atoms with Gasteiger partial charge in [-0.05, 0) is 11.6 Å². The third-order valence-electron chi connectivity index (χ3n) is 4.04. The van der Waals surface area contributed by atoms with E-state index in [9.17, 15) is 4.79 Å². The van der Waals surface area contributed by atoms with Gasteiger partial charge in [-0.1, -0.05) is 6.07 Å². The Morgan fingerprint density at radius 1 is 1.16 bits per heavy atom. The molecular formula is C18H21N3O4. The van der Waals surface area contributed by atoms with Crippen LogP contribution >= 0.6 is 0 Å². The molecule has 0 atom stereocenters. The third-order valence-corrected chi connectivity index (χ3v) is 4.04. The number of nitrogens with zero attached hydrogens (tertiary/aromatic N) is 3. The molecule has 0 bridgehead atoms. The number of amides is 1. The molecule has 0 unspecified atom stereocenters. The Bertz CT molecular complexity index is 734. The predicted molar refractivity (Wildman–Crippen MR) is 90.8 cm³/mol. The van der Waals surface area contributed by atoms with Gasteiger partial charge in [0.1, 0.15) is 6.61 Å². The van der Waals surface area contributed by atoms with Crippen molar-refractivity contribution in [2.24, 2.45) is 0 Å². The number of methoxy groups -OCH3 is 2. The first-order valence-corrected chi connectivity index (χ1v) is 8.11.